The predicted octanol–water partition coefficient (Wildman–Crippen LogP) is 2.28. The van der Waals surface area contributed by atoms with Crippen molar-refractivity contribution in [1.29, 1.82) is 0 Å². The highest BCUT2D eigenvalue weighted by atomic mass is 16.4. The third-order valence-corrected chi connectivity index (χ3v) is 1.68. The Kier molecular flexibility index (Phi) is 2.35. The van der Waals surface area contributed by atoms with Crippen molar-refractivity contribution in [2.24, 2.45) is 5.92 Å². The van der Waals surface area contributed by atoms with Gasteiger partial charge in [-0.1, -0.05) is 13.8 Å². The minimum absolute atomic E-state index is 0.209. The van der Waals surface area contributed by atoms with Crippen LogP contribution in [-0.2, 0) is 0 Å². The molecule has 1 aromatic rings. The lowest BCUT2D eigenvalue weighted by atomic mass is 10.1. The minimum Gasteiger partial charge on any atom is -0.464 e. The van der Waals surface area contributed by atoms with Gasteiger partial charge < -0.3 is 9.52 Å². The van der Waals surface area contributed by atoms with E-state index in [9.17, 15) is 5.11 Å². The lowest BCUT2D eigenvalue weighted by molar-refractivity contribution is 0.102. The molecule has 0 spiro atoms. The normalized spacial score (nSPS) is 13.9. The number of rotatable bonds is 2. The molecule has 0 aromatic carbocycles. The quantitative estimate of drug-likeness (QED) is 0.709. The van der Waals surface area contributed by atoms with Gasteiger partial charge in [0.2, 0.25) is 0 Å². The van der Waals surface area contributed by atoms with Crippen molar-refractivity contribution in [2.45, 2.75) is 26.9 Å². The van der Waals surface area contributed by atoms with Gasteiger partial charge in [0.1, 0.15) is 17.6 Å². The fourth-order valence-electron chi connectivity index (χ4n) is 0.941. The summed E-state index contributed by atoms with van der Waals surface area (Å²) in [5.41, 5.74) is 0. The van der Waals surface area contributed by atoms with Gasteiger partial charge in [-0.2, -0.15) is 0 Å². The van der Waals surface area contributed by atoms with Crippen molar-refractivity contribution in [1.82, 2.24) is 0 Å². The first kappa shape index (κ1) is 8.34. The molecule has 0 bridgehead atoms. The molecule has 0 saturated carbocycles. The van der Waals surface area contributed by atoms with E-state index in [0.29, 0.717) is 5.76 Å². The Hall–Kier alpha value is -0.760. The summed E-state index contributed by atoms with van der Waals surface area (Å²) in [6.45, 7) is 5.79. The summed E-state index contributed by atoms with van der Waals surface area (Å²) in [6, 6.07) is 3.68. The molecule has 2 nitrogen and oxygen atoms in total. The maximum Gasteiger partial charge on any atom is 0.132 e. The summed E-state index contributed by atoms with van der Waals surface area (Å²) in [5, 5.41) is 9.52. The maximum atomic E-state index is 9.52. The number of aliphatic hydroxyl groups excluding tert-OH is 1. The Balaban J connectivity index is 2.76. The van der Waals surface area contributed by atoms with Crippen molar-refractivity contribution >= 4 is 0 Å². The molecule has 1 rings (SSSR count). The van der Waals surface area contributed by atoms with Crippen LogP contribution in [0.5, 0.6) is 0 Å². The van der Waals surface area contributed by atoms with Gasteiger partial charge in [-0.25, -0.2) is 0 Å². The van der Waals surface area contributed by atoms with Crippen LogP contribution < -0.4 is 0 Å². The van der Waals surface area contributed by atoms with Gasteiger partial charge in [0.25, 0.3) is 0 Å². The molecule has 0 amide bonds. The second-order valence-electron chi connectivity index (χ2n) is 3.14. The Morgan fingerprint density at radius 3 is 2.36 bits per heavy atom. The lowest BCUT2D eigenvalue weighted by Gasteiger charge is -2.10. The van der Waals surface area contributed by atoms with Crippen LogP contribution >= 0.6 is 0 Å². The van der Waals surface area contributed by atoms with Gasteiger partial charge in [-0.15, -0.1) is 0 Å². The first-order valence-electron chi connectivity index (χ1n) is 3.85. The summed E-state index contributed by atoms with van der Waals surface area (Å²) < 4.78 is 5.26. The molecule has 1 aromatic heterocycles. The van der Waals surface area contributed by atoms with E-state index < -0.39 is 6.10 Å². The Morgan fingerprint density at radius 1 is 1.36 bits per heavy atom. The van der Waals surface area contributed by atoms with Crippen LogP contribution in [0.4, 0.5) is 0 Å². The standard InChI is InChI=1S/C9H14O2/c1-6(2)9(10)8-5-4-7(3)11-8/h4-6,9-10H,1-3H3. The van der Waals surface area contributed by atoms with Gasteiger partial charge in [-0.05, 0) is 25.0 Å². The number of aryl methyl sites for hydroxylation is 1. The van der Waals surface area contributed by atoms with Crippen LogP contribution in [0.15, 0.2) is 16.5 Å². The van der Waals surface area contributed by atoms with Gasteiger partial charge in [0.05, 0.1) is 0 Å². The highest BCUT2D eigenvalue weighted by Crippen LogP contribution is 2.22. The molecule has 0 radical (unpaired) electrons. The fourth-order valence-corrected chi connectivity index (χ4v) is 0.941. The van der Waals surface area contributed by atoms with E-state index in [1.54, 1.807) is 0 Å². The third-order valence-electron chi connectivity index (χ3n) is 1.68. The van der Waals surface area contributed by atoms with Gasteiger partial charge in [0.15, 0.2) is 0 Å². The van der Waals surface area contributed by atoms with E-state index in [1.165, 1.54) is 0 Å². The molecule has 0 aliphatic heterocycles. The zero-order valence-corrected chi connectivity index (χ0v) is 7.16. The van der Waals surface area contributed by atoms with Crippen LogP contribution in [0, 0.1) is 12.8 Å². The molecule has 1 unspecified atom stereocenters. The molecule has 0 aliphatic rings. The average molecular weight is 154 g/mol. The van der Waals surface area contributed by atoms with Crippen molar-refractivity contribution in [2.75, 3.05) is 0 Å². The van der Waals surface area contributed by atoms with E-state index in [-0.39, 0.29) is 5.92 Å². The van der Waals surface area contributed by atoms with E-state index in [2.05, 4.69) is 0 Å². The van der Waals surface area contributed by atoms with Crippen LogP contribution in [-0.4, -0.2) is 5.11 Å². The number of hydrogen-bond acceptors (Lipinski definition) is 2. The van der Waals surface area contributed by atoms with E-state index in [4.69, 9.17) is 4.42 Å². The molecule has 11 heavy (non-hydrogen) atoms. The van der Waals surface area contributed by atoms with E-state index >= 15 is 0 Å². The molecular formula is C9H14O2. The predicted molar refractivity (Wildman–Crippen MR) is 43.2 cm³/mol. The van der Waals surface area contributed by atoms with Crippen molar-refractivity contribution < 1.29 is 9.52 Å². The smallest absolute Gasteiger partial charge is 0.132 e. The molecule has 1 atom stereocenters. The van der Waals surface area contributed by atoms with E-state index in [0.717, 1.165) is 5.76 Å². The molecule has 62 valence electrons. The van der Waals surface area contributed by atoms with Gasteiger partial charge >= 0.3 is 0 Å². The summed E-state index contributed by atoms with van der Waals surface area (Å²) >= 11 is 0. The maximum absolute atomic E-state index is 9.52. The Labute approximate surface area is 66.8 Å². The lowest BCUT2D eigenvalue weighted by Crippen LogP contribution is -2.03. The van der Waals surface area contributed by atoms with Gasteiger partial charge in [-0.3, -0.25) is 0 Å². The molecule has 0 saturated heterocycles. The highest BCUT2D eigenvalue weighted by Gasteiger charge is 2.14. The van der Waals surface area contributed by atoms with Crippen LogP contribution in [0.25, 0.3) is 0 Å². The topological polar surface area (TPSA) is 33.4 Å². The summed E-state index contributed by atoms with van der Waals surface area (Å²) in [4.78, 5) is 0. The largest absolute Gasteiger partial charge is 0.464 e. The monoisotopic (exact) mass is 154 g/mol. The van der Waals surface area contributed by atoms with Crippen molar-refractivity contribution in [3.05, 3.63) is 23.7 Å². The SMILES string of the molecule is Cc1ccc(C(O)C(C)C)o1. The zero-order chi connectivity index (χ0) is 8.43. The van der Waals surface area contributed by atoms with Crippen LogP contribution in [0.3, 0.4) is 0 Å². The molecule has 2 heteroatoms. The Bertz CT molecular complexity index is 225. The third kappa shape index (κ3) is 1.84. The number of furan rings is 1. The molecule has 0 aliphatic carbocycles. The summed E-state index contributed by atoms with van der Waals surface area (Å²) in [6.07, 6.45) is -0.469. The van der Waals surface area contributed by atoms with E-state index in [1.807, 2.05) is 32.9 Å². The van der Waals surface area contributed by atoms with Crippen LogP contribution in [0.1, 0.15) is 31.5 Å². The second kappa shape index (κ2) is 3.09. The number of aliphatic hydroxyl groups is 1. The molecule has 1 heterocycles. The van der Waals surface area contributed by atoms with Crippen LogP contribution in [0.2, 0.25) is 0 Å². The van der Waals surface area contributed by atoms with Crippen molar-refractivity contribution in [3.63, 3.8) is 0 Å². The number of hydrogen-bond donors (Lipinski definition) is 1. The summed E-state index contributed by atoms with van der Waals surface area (Å²) in [7, 11) is 0. The first-order chi connectivity index (χ1) is 5.11. The molecule has 0 fully saturated rings. The Morgan fingerprint density at radius 2 is 2.00 bits per heavy atom. The molecule has 1 N–H and O–H groups in total. The van der Waals surface area contributed by atoms with Gasteiger partial charge in [0, 0.05) is 0 Å². The minimum atomic E-state index is -0.469. The van der Waals surface area contributed by atoms with Crippen molar-refractivity contribution in [3.8, 4) is 0 Å². The fraction of sp³-hybridized carbons (Fsp3) is 0.556. The summed E-state index contributed by atoms with van der Waals surface area (Å²) in [5.74, 6) is 1.72. The molecular weight excluding hydrogens is 140 g/mol. The second-order valence-corrected chi connectivity index (χ2v) is 3.14. The first-order valence-corrected chi connectivity index (χ1v) is 3.85. The highest BCUT2D eigenvalue weighted by molar-refractivity contribution is 5.08. The average Bonchev–Trinajstić information content (AvgIpc) is 2.34. The zero-order valence-electron chi connectivity index (χ0n) is 7.16.